The highest BCUT2D eigenvalue weighted by atomic mass is 16.5. The Kier molecular flexibility index (Phi) is 6.92. The van der Waals surface area contributed by atoms with Crippen molar-refractivity contribution >= 4 is 5.91 Å². The van der Waals surface area contributed by atoms with Crippen LogP contribution >= 0.6 is 0 Å². The SMILES string of the molecule is COc1ccc(C[C@@H]2CCC(=O)N2Cc2cc(OC)c(OC)c(OC)c2)cc1OC. The molecule has 1 atom stereocenters. The quantitative estimate of drug-likeness (QED) is 0.625. The van der Waals surface area contributed by atoms with Gasteiger partial charge < -0.3 is 28.6 Å². The number of ether oxygens (including phenoxy) is 5. The summed E-state index contributed by atoms with van der Waals surface area (Å²) >= 11 is 0. The van der Waals surface area contributed by atoms with Gasteiger partial charge in [-0.2, -0.15) is 0 Å². The maximum absolute atomic E-state index is 12.6. The molecule has 0 spiro atoms. The summed E-state index contributed by atoms with van der Waals surface area (Å²) in [6, 6.07) is 9.77. The molecule has 0 aliphatic carbocycles. The maximum Gasteiger partial charge on any atom is 0.223 e. The molecular weight excluding hydrogens is 386 g/mol. The van der Waals surface area contributed by atoms with Gasteiger partial charge in [0.25, 0.3) is 0 Å². The van der Waals surface area contributed by atoms with Gasteiger partial charge in [0.1, 0.15) is 0 Å². The zero-order chi connectivity index (χ0) is 21.7. The Morgan fingerprint density at radius 2 is 1.40 bits per heavy atom. The molecule has 1 fully saturated rings. The standard InChI is InChI=1S/C23H29NO6/c1-26-18-8-6-15(11-19(18)27-2)10-17-7-9-22(25)24(17)14-16-12-20(28-3)23(30-5)21(13-16)29-4/h6,8,11-13,17H,7,9-10,14H2,1-5H3/t17-/m0/s1. The second kappa shape index (κ2) is 9.61. The molecule has 7 nitrogen and oxygen atoms in total. The summed E-state index contributed by atoms with van der Waals surface area (Å²) in [5, 5.41) is 0. The first-order valence-electron chi connectivity index (χ1n) is 9.83. The lowest BCUT2D eigenvalue weighted by Crippen LogP contribution is -2.33. The number of hydrogen-bond acceptors (Lipinski definition) is 6. The third kappa shape index (κ3) is 4.40. The topological polar surface area (TPSA) is 66.5 Å². The molecule has 0 saturated carbocycles. The van der Waals surface area contributed by atoms with Crippen LogP contribution in [0, 0.1) is 0 Å². The number of carbonyl (C=O) groups excluding carboxylic acids is 1. The first kappa shape index (κ1) is 21.6. The minimum atomic E-state index is 0.106. The van der Waals surface area contributed by atoms with Crippen LogP contribution in [0.1, 0.15) is 24.0 Å². The van der Waals surface area contributed by atoms with Gasteiger partial charge in [-0.15, -0.1) is 0 Å². The van der Waals surface area contributed by atoms with E-state index in [1.807, 2.05) is 35.2 Å². The molecule has 2 aromatic carbocycles. The van der Waals surface area contributed by atoms with Crippen molar-refractivity contribution in [1.82, 2.24) is 4.90 Å². The molecular formula is C23H29NO6. The fourth-order valence-electron chi connectivity index (χ4n) is 3.93. The Bertz CT molecular complexity index is 872. The minimum absolute atomic E-state index is 0.106. The lowest BCUT2D eigenvalue weighted by atomic mass is 10.0. The minimum Gasteiger partial charge on any atom is -0.493 e. The number of rotatable bonds is 9. The highest BCUT2D eigenvalue weighted by molar-refractivity contribution is 5.79. The predicted octanol–water partition coefficient (Wildman–Crippen LogP) is 3.46. The molecule has 1 amide bonds. The number of carbonyl (C=O) groups is 1. The van der Waals surface area contributed by atoms with Crippen molar-refractivity contribution in [2.45, 2.75) is 31.8 Å². The third-order valence-electron chi connectivity index (χ3n) is 5.45. The zero-order valence-electron chi connectivity index (χ0n) is 18.2. The lowest BCUT2D eigenvalue weighted by Gasteiger charge is -2.26. The van der Waals surface area contributed by atoms with Crippen LogP contribution in [0.15, 0.2) is 30.3 Å². The van der Waals surface area contributed by atoms with E-state index in [1.54, 1.807) is 35.5 Å². The normalized spacial score (nSPS) is 15.8. The lowest BCUT2D eigenvalue weighted by molar-refractivity contribution is -0.129. The van der Waals surface area contributed by atoms with Crippen molar-refractivity contribution in [3.05, 3.63) is 41.5 Å². The van der Waals surface area contributed by atoms with Gasteiger partial charge in [-0.25, -0.2) is 0 Å². The van der Waals surface area contributed by atoms with Crippen molar-refractivity contribution in [2.24, 2.45) is 0 Å². The fourth-order valence-corrected chi connectivity index (χ4v) is 3.93. The van der Waals surface area contributed by atoms with Crippen molar-refractivity contribution in [3.63, 3.8) is 0 Å². The first-order chi connectivity index (χ1) is 14.5. The Morgan fingerprint density at radius 1 is 0.800 bits per heavy atom. The number of methoxy groups -OCH3 is 5. The molecule has 0 unspecified atom stereocenters. The largest absolute Gasteiger partial charge is 0.493 e. The van der Waals surface area contributed by atoms with Crippen molar-refractivity contribution in [2.75, 3.05) is 35.5 Å². The van der Waals surface area contributed by atoms with E-state index in [0.29, 0.717) is 41.7 Å². The highest BCUT2D eigenvalue weighted by Gasteiger charge is 2.31. The predicted molar refractivity (Wildman–Crippen MR) is 113 cm³/mol. The van der Waals surface area contributed by atoms with Crippen LogP contribution in [0.4, 0.5) is 0 Å². The molecule has 1 heterocycles. The Morgan fingerprint density at radius 3 is 1.97 bits per heavy atom. The average Bonchev–Trinajstić information content (AvgIpc) is 3.11. The molecule has 3 rings (SSSR count). The number of amides is 1. The van der Waals surface area contributed by atoms with Crippen LogP contribution in [-0.4, -0.2) is 52.4 Å². The van der Waals surface area contributed by atoms with E-state index in [0.717, 1.165) is 24.0 Å². The summed E-state index contributed by atoms with van der Waals surface area (Å²) in [7, 11) is 7.98. The summed E-state index contributed by atoms with van der Waals surface area (Å²) in [4.78, 5) is 14.6. The second-order valence-corrected chi connectivity index (χ2v) is 7.14. The van der Waals surface area contributed by atoms with E-state index in [1.165, 1.54) is 0 Å². The molecule has 0 radical (unpaired) electrons. The van der Waals surface area contributed by atoms with E-state index >= 15 is 0 Å². The summed E-state index contributed by atoms with van der Waals surface area (Å²) in [5.41, 5.74) is 2.03. The molecule has 30 heavy (non-hydrogen) atoms. The Balaban J connectivity index is 1.82. The summed E-state index contributed by atoms with van der Waals surface area (Å²) in [6.45, 7) is 0.480. The number of benzene rings is 2. The first-order valence-corrected chi connectivity index (χ1v) is 9.83. The van der Waals surface area contributed by atoms with Gasteiger partial charge in [0.2, 0.25) is 11.7 Å². The molecule has 1 saturated heterocycles. The van der Waals surface area contributed by atoms with Gasteiger partial charge in [0.15, 0.2) is 23.0 Å². The number of hydrogen-bond donors (Lipinski definition) is 0. The highest BCUT2D eigenvalue weighted by Crippen LogP contribution is 2.39. The van der Waals surface area contributed by atoms with E-state index < -0.39 is 0 Å². The van der Waals surface area contributed by atoms with E-state index in [4.69, 9.17) is 23.7 Å². The molecule has 0 aromatic heterocycles. The Hall–Kier alpha value is -3.09. The van der Waals surface area contributed by atoms with Gasteiger partial charge in [0, 0.05) is 19.0 Å². The van der Waals surface area contributed by atoms with Crippen LogP contribution < -0.4 is 23.7 Å². The average molecular weight is 415 g/mol. The molecule has 2 aromatic rings. The summed E-state index contributed by atoms with van der Waals surface area (Å²) in [5.74, 6) is 3.23. The van der Waals surface area contributed by atoms with Crippen LogP contribution in [-0.2, 0) is 17.8 Å². The molecule has 1 aliphatic rings. The summed E-state index contributed by atoms with van der Waals surface area (Å²) < 4.78 is 27.0. The fraction of sp³-hybridized carbons (Fsp3) is 0.435. The van der Waals surface area contributed by atoms with Crippen LogP contribution in [0.3, 0.4) is 0 Å². The second-order valence-electron chi connectivity index (χ2n) is 7.14. The van der Waals surface area contributed by atoms with Crippen LogP contribution in [0.5, 0.6) is 28.7 Å². The third-order valence-corrected chi connectivity index (χ3v) is 5.45. The number of nitrogens with zero attached hydrogens (tertiary/aromatic N) is 1. The van der Waals surface area contributed by atoms with Gasteiger partial charge in [-0.3, -0.25) is 4.79 Å². The van der Waals surface area contributed by atoms with Crippen molar-refractivity contribution < 1.29 is 28.5 Å². The molecule has 0 N–H and O–H groups in total. The monoisotopic (exact) mass is 415 g/mol. The van der Waals surface area contributed by atoms with Crippen molar-refractivity contribution in [3.8, 4) is 28.7 Å². The van der Waals surface area contributed by atoms with Gasteiger partial charge in [0.05, 0.1) is 35.5 Å². The van der Waals surface area contributed by atoms with Gasteiger partial charge in [-0.1, -0.05) is 6.07 Å². The van der Waals surface area contributed by atoms with E-state index in [9.17, 15) is 4.79 Å². The van der Waals surface area contributed by atoms with E-state index in [2.05, 4.69) is 0 Å². The van der Waals surface area contributed by atoms with Crippen LogP contribution in [0.2, 0.25) is 0 Å². The molecule has 162 valence electrons. The molecule has 1 aliphatic heterocycles. The van der Waals surface area contributed by atoms with Crippen molar-refractivity contribution in [1.29, 1.82) is 0 Å². The maximum atomic E-state index is 12.6. The molecule has 7 heteroatoms. The number of likely N-dealkylation sites (tertiary alicyclic amines) is 1. The molecule has 0 bridgehead atoms. The van der Waals surface area contributed by atoms with E-state index in [-0.39, 0.29) is 11.9 Å². The summed E-state index contributed by atoms with van der Waals surface area (Å²) in [6.07, 6.45) is 2.11. The zero-order valence-corrected chi connectivity index (χ0v) is 18.2. The van der Waals surface area contributed by atoms with Gasteiger partial charge >= 0.3 is 0 Å². The smallest absolute Gasteiger partial charge is 0.223 e. The Labute approximate surface area is 177 Å². The van der Waals surface area contributed by atoms with Gasteiger partial charge in [-0.05, 0) is 48.2 Å². The van der Waals surface area contributed by atoms with Crippen LogP contribution in [0.25, 0.3) is 0 Å².